The summed E-state index contributed by atoms with van der Waals surface area (Å²) in [4.78, 5) is 11.6. The fourth-order valence-corrected chi connectivity index (χ4v) is 6.43. The van der Waals surface area contributed by atoms with E-state index in [1.54, 1.807) is 23.1 Å². The lowest BCUT2D eigenvalue weighted by Gasteiger charge is -2.33. The van der Waals surface area contributed by atoms with Crippen molar-refractivity contribution in [1.29, 1.82) is 0 Å². The minimum absolute atomic E-state index is 0.847. The molecule has 1 saturated heterocycles. The molecule has 0 amide bonds. The Hall–Kier alpha value is -3.69. The average molecular weight is 512 g/mol. The van der Waals surface area contributed by atoms with E-state index in [0.29, 0.717) is 0 Å². The molecular weight excluding hydrogens is 486 g/mol. The van der Waals surface area contributed by atoms with Crippen LogP contribution in [0.3, 0.4) is 0 Å². The van der Waals surface area contributed by atoms with Crippen LogP contribution in [0.5, 0.6) is 0 Å². The van der Waals surface area contributed by atoms with Crippen molar-refractivity contribution >= 4 is 45.3 Å². The highest BCUT2D eigenvalue weighted by Crippen LogP contribution is 2.37. The molecule has 1 aliphatic rings. The molecule has 180 valence electrons. The number of nitrogens with zero attached hydrogens (tertiary/aromatic N) is 7. The Balaban J connectivity index is 1.28. The standard InChI is InChI=1S/C27H25N7S2/c1-20-22(19-29-33-17-15-32(16-18-33)25-13-7-8-14-28-25)26(34(31-20)21-9-3-2-4-10-21)36-27-30-23-11-5-6-12-24(23)35-27/h2-14,19H,15-18H2,1H3/b29-19-. The largest absolute Gasteiger partial charge is 0.353 e. The molecule has 3 aromatic heterocycles. The van der Waals surface area contributed by atoms with Gasteiger partial charge in [-0.1, -0.05) is 36.4 Å². The van der Waals surface area contributed by atoms with Crippen molar-refractivity contribution in [3.8, 4) is 5.69 Å². The number of piperazine rings is 1. The van der Waals surface area contributed by atoms with Gasteiger partial charge in [-0.3, -0.25) is 5.01 Å². The second-order valence-corrected chi connectivity index (χ2v) is 10.7. The summed E-state index contributed by atoms with van der Waals surface area (Å²) in [5.41, 5.74) is 4.01. The van der Waals surface area contributed by atoms with Crippen LogP contribution in [0.4, 0.5) is 5.82 Å². The van der Waals surface area contributed by atoms with Crippen LogP contribution >= 0.6 is 23.1 Å². The molecule has 36 heavy (non-hydrogen) atoms. The van der Waals surface area contributed by atoms with Crippen LogP contribution in [-0.4, -0.2) is 57.2 Å². The molecule has 2 aromatic carbocycles. The number of hydrogen-bond acceptors (Lipinski definition) is 8. The maximum absolute atomic E-state index is 4.89. The van der Waals surface area contributed by atoms with Crippen molar-refractivity contribution in [2.45, 2.75) is 16.3 Å². The third-order valence-corrected chi connectivity index (χ3v) is 8.28. The van der Waals surface area contributed by atoms with Gasteiger partial charge < -0.3 is 4.90 Å². The normalized spacial score (nSPS) is 14.2. The first-order valence-corrected chi connectivity index (χ1v) is 13.5. The van der Waals surface area contributed by atoms with E-state index in [2.05, 4.69) is 51.3 Å². The van der Waals surface area contributed by atoms with Crippen LogP contribution in [0.15, 0.2) is 93.5 Å². The van der Waals surface area contributed by atoms with Gasteiger partial charge >= 0.3 is 0 Å². The van der Waals surface area contributed by atoms with E-state index in [9.17, 15) is 0 Å². The molecule has 1 aliphatic heterocycles. The highest BCUT2D eigenvalue weighted by molar-refractivity contribution is 8.01. The lowest BCUT2D eigenvalue weighted by molar-refractivity contribution is 0.271. The zero-order chi connectivity index (χ0) is 24.3. The maximum atomic E-state index is 4.89. The first-order valence-electron chi connectivity index (χ1n) is 11.9. The van der Waals surface area contributed by atoms with Crippen LogP contribution in [0.25, 0.3) is 15.9 Å². The summed E-state index contributed by atoms with van der Waals surface area (Å²) in [6.45, 7) is 5.52. The quantitative estimate of drug-likeness (QED) is 0.281. The molecule has 0 saturated carbocycles. The molecular formula is C27H25N7S2. The van der Waals surface area contributed by atoms with Gasteiger partial charge in [-0.2, -0.15) is 10.2 Å². The predicted molar refractivity (Wildman–Crippen MR) is 148 cm³/mol. The third-order valence-electron chi connectivity index (χ3n) is 6.10. The van der Waals surface area contributed by atoms with Crippen molar-refractivity contribution in [2.75, 3.05) is 31.1 Å². The molecule has 4 heterocycles. The number of hydrazone groups is 1. The van der Waals surface area contributed by atoms with E-state index in [1.165, 1.54) is 4.70 Å². The number of para-hydroxylation sites is 2. The summed E-state index contributed by atoms with van der Waals surface area (Å²) >= 11 is 3.35. The number of anilines is 1. The van der Waals surface area contributed by atoms with Crippen molar-refractivity contribution in [3.05, 3.63) is 90.3 Å². The second kappa shape index (κ2) is 10.1. The molecule has 9 heteroatoms. The number of rotatable bonds is 6. The summed E-state index contributed by atoms with van der Waals surface area (Å²) in [5, 5.41) is 12.9. The van der Waals surface area contributed by atoms with Crippen LogP contribution < -0.4 is 4.90 Å². The van der Waals surface area contributed by atoms with Crippen molar-refractivity contribution in [1.82, 2.24) is 24.8 Å². The van der Waals surface area contributed by atoms with Crippen LogP contribution in [0.2, 0.25) is 0 Å². The molecule has 0 spiro atoms. The Kier molecular flexibility index (Phi) is 6.40. The molecule has 7 nitrogen and oxygen atoms in total. The summed E-state index contributed by atoms with van der Waals surface area (Å²) in [5.74, 6) is 1.02. The first kappa shape index (κ1) is 22.8. The second-order valence-electron chi connectivity index (χ2n) is 8.47. The van der Waals surface area contributed by atoms with E-state index >= 15 is 0 Å². The number of aryl methyl sites for hydroxylation is 1. The molecule has 1 fully saturated rings. The van der Waals surface area contributed by atoms with E-state index in [4.69, 9.17) is 15.2 Å². The van der Waals surface area contributed by atoms with Gasteiger partial charge in [-0.15, -0.1) is 11.3 Å². The Bertz CT molecular complexity index is 1450. The molecule has 0 unspecified atom stereocenters. The molecule has 0 atom stereocenters. The lowest BCUT2D eigenvalue weighted by atomic mass is 10.3. The molecule has 0 aliphatic carbocycles. The Morgan fingerprint density at radius 1 is 0.917 bits per heavy atom. The van der Waals surface area contributed by atoms with Gasteiger partial charge in [0.25, 0.3) is 0 Å². The van der Waals surface area contributed by atoms with E-state index in [0.717, 1.165) is 63.8 Å². The highest BCUT2D eigenvalue weighted by Gasteiger charge is 2.20. The monoisotopic (exact) mass is 511 g/mol. The number of thiazole rings is 1. The molecule has 5 aromatic rings. The maximum Gasteiger partial charge on any atom is 0.157 e. The highest BCUT2D eigenvalue weighted by atomic mass is 32.2. The van der Waals surface area contributed by atoms with Gasteiger partial charge in [0.05, 0.1) is 46.5 Å². The summed E-state index contributed by atoms with van der Waals surface area (Å²) in [6, 6.07) is 24.5. The summed E-state index contributed by atoms with van der Waals surface area (Å²) in [6.07, 6.45) is 3.81. The van der Waals surface area contributed by atoms with Gasteiger partial charge in [-0.05, 0) is 55.1 Å². The molecule has 0 N–H and O–H groups in total. The van der Waals surface area contributed by atoms with E-state index in [-0.39, 0.29) is 0 Å². The van der Waals surface area contributed by atoms with Crippen molar-refractivity contribution in [3.63, 3.8) is 0 Å². The number of pyridine rings is 1. The molecule has 6 rings (SSSR count). The van der Waals surface area contributed by atoms with Crippen LogP contribution in [-0.2, 0) is 0 Å². The van der Waals surface area contributed by atoms with E-state index < -0.39 is 0 Å². The number of aromatic nitrogens is 4. The van der Waals surface area contributed by atoms with Gasteiger partial charge in [-0.25, -0.2) is 14.6 Å². The number of hydrogen-bond donors (Lipinski definition) is 0. The van der Waals surface area contributed by atoms with Gasteiger partial charge in [0, 0.05) is 19.3 Å². The minimum atomic E-state index is 0.847. The van der Waals surface area contributed by atoms with Gasteiger partial charge in [0.1, 0.15) is 10.8 Å². The smallest absolute Gasteiger partial charge is 0.157 e. The minimum Gasteiger partial charge on any atom is -0.353 e. The fourth-order valence-electron chi connectivity index (χ4n) is 4.21. The van der Waals surface area contributed by atoms with Gasteiger partial charge in [0.2, 0.25) is 0 Å². The topological polar surface area (TPSA) is 62.4 Å². The third kappa shape index (κ3) is 4.72. The predicted octanol–water partition coefficient (Wildman–Crippen LogP) is 5.49. The van der Waals surface area contributed by atoms with Gasteiger partial charge in [0.15, 0.2) is 4.34 Å². The van der Waals surface area contributed by atoms with Crippen molar-refractivity contribution < 1.29 is 0 Å². The fraction of sp³-hybridized carbons (Fsp3) is 0.185. The lowest BCUT2D eigenvalue weighted by Crippen LogP contribution is -2.44. The summed E-state index contributed by atoms with van der Waals surface area (Å²) < 4.78 is 4.18. The first-order chi connectivity index (χ1) is 17.7. The average Bonchev–Trinajstić information content (AvgIpc) is 3.49. The number of fused-ring (bicyclic) bond motifs is 1. The van der Waals surface area contributed by atoms with E-state index in [1.807, 2.05) is 60.4 Å². The SMILES string of the molecule is Cc1nn(-c2ccccc2)c(Sc2nc3ccccc3s2)c1/C=N\N1CCN(c2ccccn2)CC1. The molecule has 0 bridgehead atoms. The zero-order valence-corrected chi connectivity index (χ0v) is 21.5. The zero-order valence-electron chi connectivity index (χ0n) is 19.9. The number of benzene rings is 2. The van der Waals surface area contributed by atoms with Crippen molar-refractivity contribution in [2.24, 2.45) is 5.10 Å². The Morgan fingerprint density at radius 2 is 1.69 bits per heavy atom. The van der Waals surface area contributed by atoms with Crippen LogP contribution in [0.1, 0.15) is 11.3 Å². The van der Waals surface area contributed by atoms with Crippen LogP contribution in [0, 0.1) is 6.92 Å². The Labute approximate surface area is 218 Å². The molecule has 0 radical (unpaired) electrons. The Morgan fingerprint density at radius 3 is 2.47 bits per heavy atom. The summed E-state index contributed by atoms with van der Waals surface area (Å²) in [7, 11) is 0.